The fourth-order valence-electron chi connectivity index (χ4n) is 4.79. The van der Waals surface area contributed by atoms with Gasteiger partial charge in [-0.25, -0.2) is 4.39 Å². The van der Waals surface area contributed by atoms with Crippen molar-refractivity contribution in [2.24, 2.45) is 4.99 Å². The zero-order chi connectivity index (χ0) is 21.6. The molecule has 6 nitrogen and oxygen atoms in total. The van der Waals surface area contributed by atoms with Crippen molar-refractivity contribution in [1.82, 2.24) is 20.0 Å². The van der Waals surface area contributed by atoms with Gasteiger partial charge in [0.1, 0.15) is 0 Å². The Morgan fingerprint density at radius 1 is 1.20 bits per heavy atom. The number of halogens is 1. The van der Waals surface area contributed by atoms with Crippen LogP contribution in [-0.2, 0) is 6.54 Å². The third kappa shape index (κ3) is 5.43. The summed E-state index contributed by atoms with van der Waals surface area (Å²) in [6.45, 7) is 6.15. The first-order valence-corrected chi connectivity index (χ1v) is 11.2. The maximum Gasteiger partial charge on any atom is 0.193 e. The van der Waals surface area contributed by atoms with Gasteiger partial charge in [0.15, 0.2) is 17.5 Å². The molecule has 1 aromatic carbocycles. The summed E-state index contributed by atoms with van der Waals surface area (Å²) in [5.41, 5.74) is 1.08. The molecule has 2 aliphatic rings. The van der Waals surface area contributed by atoms with Gasteiger partial charge >= 0.3 is 0 Å². The molecule has 0 aromatic heterocycles. The Kier molecular flexibility index (Phi) is 7.94. The number of hydrogen-bond donors (Lipinski definition) is 1. The van der Waals surface area contributed by atoms with Crippen LogP contribution < -0.4 is 10.1 Å². The van der Waals surface area contributed by atoms with Crippen molar-refractivity contribution in [1.29, 1.82) is 0 Å². The zero-order valence-corrected chi connectivity index (χ0v) is 19.1. The molecule has 2 heterocycles. The Balaban J connectivity index is 1.65. The number of nitrogens with one attached hydrogen (secondary N) is 1. The maximum absolute atomic E-state index is 14.1. The standard InChI is InChI=1S/C23H38FN5O/c1-25-22(28(3)17-19-8-9-21(30-4)20(24)16-19)26-18-23(10-14-27(2)15-11-23)29-12-6-5-7-13-29/h8-9,16H,5-7,10-15,17-18H2,1-4H3,(H,25,26). The highest BCUT2D eigenvalue weighted by atomic mass is 19.1. The van der Waals surface area contributed by atoms with Crippen molar-refractivity contribution in [3.63, 3.8) is 0 Å². The number of nitrogens with zero attached hydrogens (tertiary/aromatic N) is 4. The van der Waals surface area contributed by atoms with Crippen molar-refractivity contribution in [3.8, 4) is 5.75 Å². The molecule has 0 aliphatic carbocycles. The molecule has 3 rings (SSSR count). The van der Waals surface area contributed by atoms with E-state index < -0.39 is 0 Å². The van der Waals surface area contributed by atoms with E-state index in [4.69, 9.17) is 4.74 Å². The quantitative estimate of drug-likeness (QED) is 0.567. The molecule has 0 bridgehead atoms. The minimum absolute atomic E-state index is 0.190. The fraction of sp³-hybridized carbons (Fsp3) is 0.696. The van der Waals surface area contributed by atoms with Gasteiger partial charge in [0.05, 0.1) is 7.11 Å². The molecule has 0 amide bonds. The molecule has 7 heteroatoms. The summed E-state index contributed by atoms with van der Waals surface area (Å²) in [4.78, 5) is 11.7. The summed E-state index contributed by atoms with van der Waals surface area (Å²) in [5.74, 6) is 0.790. The van der Waals surface area contributed by atoms with Gasteiger partial charge in [-0.15, -0.1) is 0 Å². The second-order valence-electron chi connectivity index (χ2n) is 8.80. The topological polar surface area (TPSA) is 43.3 Å². The van der Waals surface area contributed by atoms with Crippen LogP contribution in [-0.4, -0.2) is 87.2 Å². The first-order valence-electron chi connectivity index (χ1n) is 11.2. The highest BCUT2D eigenvalue weighted by molar-refractivity contribution is 5.79. The largest absolute Gasteiger partial charge is 0.494 e. The molecule has 168 valence electrons. The minimum atomic E-state index is -0.332. The lowest BCUT2D eigenvalue weighted by molar-refractivity contribution is 0.0170. The van der Waals surface area contributed by atoms with Gasteiger partial charge in [0.25, 0.3) is 0 Å². The van der Waals surface area contributed by atoms with Crippen molar-refractivity contribution in [3.05, 3.63) is 29.6 Å². The number of aliphatic imine (C=N–C) groups is 1. The van der Waals surface area contributed by atoms with Crippen LogP contribution in [0, 0.1) is 5.82 Å². The number of piperidine rings is 2. The second-order valence-corrected chi connectivity index (χ2v) is 8.80. The van der Waals surface area contributed by atoms with Gasteiger partial charge in [0.2, 0.25) is 0 Å². The highest BCUT2D eigenvalue weighted by Crippen LogP contribution is 2.31. The number of guanidine groups is 1. The van der Waals surface area contributed by atoms with Gasteiger partial charge < -0.3 is 19.9 Å². The average Bonchev–Trinajstić information content (AvgIpc) is 2.76. The van der Waals surface area contributed by atoms with Crippen LogP contribution in [0.3, 0.4) is 0 Å². The van der Waals surface area contributed by atoms with Crippen molar-refractivity contribution in [2.45, 2.75) is 44.2 Å². The molecule has 0 unspecified atom stereocenters. The van der Waals surface area contributed by atoms with Crippen LogP contribution in [0.25, 0.3) is 0 Å². The molecule has 0 radical (unpaired) electrons. The molecule has 2 fully saturated rings. The van der Waals surface area contributed by atoms with E-state index in [1.807, 2.05) is 20.2 Å². The molecule has 0 atom stereocenters. The third-order valence-electron chi connectivity index (χ3n) is 6.73. The molecule has 2 aliphatic heterocycles. The number of ether oxygens (including phenoxy) is 1. The third-order valence-corrected chi connectivity index (χ3v) is 6.73. The lowest BCUT2D eigenvalue weighted by atomic mass is 9.84. The molecular weight excluding hydrogens is 381 g/mol. The van der Waals surface area contributed by atoms with Crippen molar-refractivity contribution >= 4 is 5.96 Å². The number of benzene rings is 1. The SMILES string of the molecule is CN=C(NCC1(N2CCCCC2)CCN(C)CC1)N(C)Cc1ccc(OC)c(F)c1. The van der Waals surface area contributed by atoms with Crippen LogP contribution in [0.4, 0.5) is 4.39 Å². The minimum Gasteiger partial charge on any atom is -0.494 e. The van der Waals surface area contributed by atoms with E-state index in [2.05, 4.69) is 32.1 Å². The summed E-state index contributed by atoms with van der Waals surface area (Å²) in [6, 6.07) is 5.12. The van der Waals surface area contributed by atoms with Gasteiger partial charge in [0, 0.05) is 32.7 Å². The van der Waals surface area contributed by atoms with Crippen LogP contribution in [0.2, 0.25) is 0 Å². The number of likely N-dealkylation sites (tertiary alicyclic amines) is 2. The van der Waals surface area contributed by atoms with E-state index in [-0.39, 0.29) is 17.1 Å². The molecule has 1 aromatic rings. The molecular formula is C23H38FN5O. The average molecular weight is 420 g/mol. The molecule has 30 heavy (non-hydrogen) atoms. The zero-order valence-electron chi connectivity index (χ0n) is 19.1. The molecule has 1 N–H and O–H groups in total. The van der Waals surface area contributed by atoms with Gasteiger partial charge in [-0.05, 0) is 76.6 Å². The smallest absolute Gasteiger partial charge is 0.193 e. The van der Waals surface area contributed by atoms with Crippen molar-refractivity contribution < 1.29 is 9.13 Å². The van der Waals surface area contributed by atoms with E-state index >= 15 is 0 Å². The molecule has 0 saturated carbocycles. The van der Waals surface area contributed by atoms with Crippen LogP contribution in [0.1, 0.15) is 37.7 Å². The highest BCUT2D eigenvalue weighted by Gasteiger charge is 2.39. The van der Waals surface area contributed by atoms with Gasteiger partial charge in [-0.1, -0.05) is 12.5 Å². The number of rotatable bonds is 6. The van der Waals surface area contributed by atoms with Crippen molar-refractivity contribution in [2.75, 3.05) is 61.0 Å². The Morgan fingerprint density at radius 2 is 1.90 bits per heavy atom. The number of methoxy groups -OCH3 is 1. The van der Waals surface area contributed by atoms with Crippen LogP contribution in [0.15, 0.2) is 23.2 Å². The lowest BCUT2D eigenvalue weighted by Gasteiger charge is -2.50. The van der Waals surface area contributed by atoms with E-state index in [1.165, 1.54) is 58.4 Å². The second kappa shape index (κ2) is 10.4. The van der Waals surface area contributed by atoms with E-state index in [1.54, 1.807) is 6.07 Å². The fourth-order valence-corrected chi connectivity index (χ4v) is 4.79. The van der Waals surface area contributed by atoms with Gasteiger partial charge in [-0.2, -0.15) is 0 Å². The summed E-state index contributed by atoms with van der Waals surface area (Å²) in [7, 11) is 7.51. The summed E-state index contributed by atoms with van der Waals surface area (Å²) in [6.07, 6.45) is 6.31. The predicted molar refractivity (Wildman–Crippen MR) is 121 cm³/mol. The Bertz CT molecular complexity index is 712. The van der Waals surface area contributed by atoms with E-state index in [0.717, 1.165) is 31.2 Å². The summed E-state index contributed by atoms with van der Waals surface area (Å²) < 4.78 is 19.1. The van der Waals surface area contributed by atoms with E-state index in [0.29, 0.717) is 6.54 Å². The normalized spacial score (nSPS) is 20.8. The Morgan fingerprint density at radius 3 is 2.50 bits per heavy atom. The van der Waals surface area contributed by atoms with Crippen LogP contribution >= 0.6 is 0 Å². The predicted octanol–water partition coefficient (Wildman–Crippen LogP) is 2.79. The number of hydrogen-bond acceptors (Lipinski definition) is 4. The molecule has 2 saturated heterocycles. The Hall–Kier alpha value is -1.86. The maximum atomic E-state index is 14.1. The first kappa shape index (κ1) is 22.8. The van der Waals surface area contributed by atoms with E-state index in [9.17, 15) is 4.39 Å². The van der Waals surface area contributed by atoms with Gasteiger partial charge in [-0.3, -0.25) is 9.89 Å². The first-order chi connectivity index (χ1) is 14.5. The summed E-state index contributed by atoms with van der Waals surface area (Å²) in [5, 5.41) is 3.65. The lowest BCUT2D eigenvalue weighted by Crippen LogP contribution is -2.62. The monoisotopic (exact) mass is 419 g/mol. The van der Waals surface area contributed by atoms with Crippen LogP contribution in [0.5, 0.6) is 5.75 Å². The Labute approximate surface area is 181 Å². The molecule has 0 spiro atoms. The summed E-state index contributed by atoms with van der Waals surface area (Å²) >= 11 is 0.